The summed E-state index contributed by atoms with van der Waals surface area (Å²) in [5, 5.41) is 1.00. The van der Waals surface area contributed by atoms with Crippen molar-refractivity contribution in [2.24, 2.45) is 0 Å². The quantitative estimate of drug-likeness (QED) is 0.583. The summed E-state index contributed by atoms with van der Waals surface area (Å²) in [5.74, 6) is 0. The second-order valence-electron chi connectivity index (χ2n) is 5.60. The zero-order chi connectivity index (χ0) is 15.3. The van der Waals surface area contributed by atoms with Crippen LogP contribution >= 0.6 is 0 Å². The molecular formula is C18H15N3O. The molecule has 3 heterocycles. The molecule has 4 aromatic rings. The van der Waals surface area contributed by atoms with Gasteiger partial charge in [-0.2, -0.15) is 0 Å². The van der Waals surface area contributed by atoms with Crippen molar-refractivity contribution in [2.45, 2.75) is 13.8 Å². The van der Waals surface area contributed by atoms with Crippen LogP contribution in [-0.4, -0.2) is 14.4 Å². The van der Waals surface area contributed by atoms with Crippen LogP contribution in [0.15, 0.2) is 53.5 Å². The highest BCUT2D eigenvalue weighted by molar-refractivity contribution is 5.84. The van der Waals surface area contributed by atoms with E-state index in [0.29, 0.717) is 0 Å². The monoisotopic (exact) mass is 289 g/mol. The zero-order valence-corrected chi connectivity index (χ0v) is 12.4. The van der Waals surface area contributed by atoms with Crippen LogP contribution in [0.2, 0.25) is 0 Å². The van der Waals surface area contributed by atoms with Crippen molar-refractivity contribution in [3.63, 3.8) is 0 Å². The summed E-state index contributed by atoms with van der Waals surface area (Å²) in [4.78, 5) is 19.0. The molecule has 0 aliphatic rings. The molecule has 0 fully saturated rings. The minimum absolute atomic E-state index is 0.0837. The molecule has 0 saturated carbocycles. The number of imidazole rings is 1. The molecule has 0 spiro atoms. The summed E-state index contributed by atoms with van der Waals surface area (Å²) in [7, 11) is 0. The number of pyridine rings is 2. The van der Waals surface area contributed by atoms with Gasteiger partial charge < -0.3 is 9.38 Å². The molecule has 0 radical (unpaired) electrons. The first-order chi connectivity index (χ1) is 10.6. The summed E-state index contributed by atoms with van der Waals surface area (Å²) < 4.78 is 2.10. The van der Waals surface area contributed by atoms with Gasteiger partial charge in [-0.15, -0.1) is 0 Å². The molecule has 0 bridgehead atoms. The molecule has 0 amide bonds. The Morgan fingerprint density at radius 2 is 1.91 bits per heavy atom. The smallest absolute Gasteiger partial charge is 0.248 e. The van der Waals surface area contributed by atoms with Crippen molar-refractivity contribution in [1.29, 1.82) is 0 Å². The summed E-state index contributed by atoms with van der Waals surface area (Å²) in [6, 6.07) is 13.5. The van der Waals surface area contributed by atoms with Crippen LogP contribution in [0.3, 0.4) is 0 Å². The number of nitrogens with one attached hydrogen (secondary N) is 1. The number of fused-ring (bicyclic) bond motifs is 2. The average molecular weight is 289 g/mol. The third-order valence-electron chi connectivity index (χ3n) is 4.02. The van der Waals surface area contributed by atoms with Gasteiger partial charge in [0.1, 0.15) is 5.65 Å². The van der Waals surface area contributed by atoms with Gasteiger partial charge in [0, 0.05) is 29.0 Å². The van der Waals surface area contributed by atoms with Gasteiger partial charge in [0.05, 0.1) is 5.69 Å². The van der Waals surface area contributed by atoms with Crippen molar-refractivity contribution in [1.82, 2.24) is 14.4 Å². The molecule has 108 valence electrons. The SMILES string of the molecule is Cc1ccn2c(C)c(-c3ccc4[nH]c(=O)ccc4c3)nc2c1. The maximum absolute atomic E-state index is 11.4. The van der Waals surface area contributed by atoms with Crippen LogP contribution in [0.1, 0.15) is 11.3 Å². The van der Waals surface area contributed by atoms with E-state index in [1.165, 1.54) is 5.56 Å². The van der Waals surface area contributed by atoms with Crippen LogP contribution in [0.25, 0.3) is 27.8 Å². The van der Waals surface area contributed by atoms with E-state index in [1.807, 2.05) is 18.2 Å². The van der Waals surface area contributed by atoms with Gasteiger partial charge in [0.25, 0.3) is 0 Å². The van der Waals surface area contributed by atoms with Crippen LogP contribution in [0.5, 0.6) is 0 Å². The molecule has 0 atom stereocenters. The number of hydrogen-bond donors (Lipinski definition) is 1. The van der Waals surface area contributed by atoms with Crippen LogP contribution in [0.4, 0.5) is 0 Å². The van der Waals surface area contributed by atoms with Crippen LogP contribution in [-0.2, 0) is 0 Å². The molecule has 0 aliphatic carbocycles. The lowest BCUT2D eigenvalue weighted by atomic mass is 10.1. The van der Waals surface area contributed by atoms with Crippen LogP contribution in [0, 0.1) is 13.8 Å². The van der Waals surface area contributed by atoms with Crippen molar-refractivity contribution >= 4 is 16.6 Å². The average Bonchev–Trinajstić information content (AvgIpc) is 2.83. The topological polar surface area (TPSA) is 50.2 Å². The van der Waals surface area contributed by atoms with Gasteiger partial charge in [-0.05, 0) is 55.1 Å². The van der Waals surface area contributed by atoms with Crippen molar-refractivity contribution in [3.8, 4) is 11.3 Å². The lowest BCUT2D eigenvalue weighted by Gasteiger charge is -2.02. The molecule has 1 N–H and O–H groups in total. The fourth-order valence-electron chi connectivity index (χ4n) is 2.84. The van der Waals surface area contributed by atoms with Gasteiger partial charge in [0.15, 0.2) is 0 Å². The highest BCUT2D eigenvalue weighted by Crippen LogP contribution is 2.26. The first kappa shape index (κ1) is 12.8. The highest BCUT2D eigenvalue weighted by atomic mass is 16.1. The number of rotatable bonds is 1. The maximum Gasteiger partial charge on any atom is 0.248 e. The fraction of sp³-hybridized carbons (Fsp3) is 0.111. The molecule has 0 aliphatic heterocycles. The number of aryl methyl sites for hydroxylation is 2. The van der Waals surface area contributed by atoms with Crippen molar-refractivity contribution in [2.75, 3.05) is 0 Å². The maximum atomic E-state index is 11.4. The van der Waals surface area contributed by atoms with E-state index in [9.17, 15) is 4.79 Å². The Labute approximate surface area is 127 Å². The largest absolute Gasteiger partial charge is 0.322 e. The molecule has 3 aromatic heterocycles. The number of H-pyrrole nitrogens is 1. The Morgan fingerprint density at radius 3 is 2.77 bits per heavy atom. The van der Waals surface area contributed by atoms with E-state index in [4.69, 9.17) is 4.98 Å². The van der Waals surface area contributed by atoms with Gasteiger partial charge in [-0.1, -0.05) is 6.07 Å². The Kier molecular flexibility index (Phi) is 2.66. The first-order valence-electron chi connectivity index (χ1n) is 7.20. The molecule has 4 rings (SSSR count). The van der Waals surface area contributed by atoms with E-state index < -0.39 is 0 Å². The third-order valence-corrected chi connectivity index (χ3v) is 4.02. The summed E-state index contributed by atoms with van der Waals surface area (Å²) in [5.41, 5.74) is 6.04. The Hall–Kier alpha value is -2.88. The Balaban J connectivity index is 1.96. The number of nitrogens with zero attached hydrogens (tertiary/aromatic N) is 2. The van der Waals surface area contributed by atoms with Crippen molar-refractivity contribution < 1.29 is 0 Å². The molecule has 4 nitrogen and oxygen atoms in total. The zero-order valence-electron chi connectivity index (χ0n) is 12.4. The minimum atomic E-state index is -0.0837. The number of aromatic amines is 1. The van der Waals surface area contributed by atoms with Gasteiger partial charge in [-0.3, -0.25) is 4.79 Å². The summed E-state index contributed by atoms with van der Waals surface area (Å²) >= 11 is 0. The number of benzene rings is 1. The lowest BCUT2D eigenvalue weighted by molar-refractivity contribution is 1.10. The standard InChI is InChI=1S/C18H15N3O/c1-11-7-8-21-12(2)18(20-16(21)9-11)14-3-5-15-13(10-14)4-6-17(22)19-15/h3-10H,1-2H3,(H,19,22). The number of hydrogen-bond acceptors (Lipinski definition) is 2. The van der Waals surface area contributed by atoms with E-state index >= 15 is 0 Å². The summed E-state index contributed by atoms with van der Waals surface area (Å²) in [6.07, 6.45) is 2.05. The highest BCUT2D eigenvalue weighted by Gasteiger charge is 2.11. The molecule has 4 heteroatoms. The van der Waals surface area contributed by atoms with E-state index in [-0.39, 0.29) is 5.56 Å². The second kappa shape index (κ2) is 4.56. The third kappa shape index (κ3) is 1.92. The van der Waals surface area contributed by atoms with E-state index in [0.717, 1.165) is 33.5 Å². The van der Waals surface area contributed by atoms with Gasteiger partial charge in [-0.25, -0.2) is 4.98 Å². The predicted molar refractivity (Wildman–Crippen MR) is 88.2 cm³/mol. The molecular weight excluding hydrogens is 274 g/mol. The van der Waals surface area contributed by atoms with Crippen molar-refractivity contribution in [3.05, 3.63) is 70.3 Å². The fourth-order valence-corrected chi connectivity index (χ4v) is 2.84. The summed E-state index contributed by atoms with van der Waals surface area (Å²) in [6.45, 7) is 4.14. The lowest BCUT2D eigenvalue weighted by Crippen LogP contribution is -2.02. The first-order valence-corrected chi connectivity index (χ1v) is 7.20. The molecule has 0 unspecified atom stereocenters. The molecule has 22 heavy (non-hydrogen) atoms. The molecule has 0 saturated heterocycles. The van der Waals surface area contributed by atoms with Gasteiger partial charge in [0.2, 0.25) is 5.56 Å². The normalized spacial score (nSPS) is 11.4. The van der Waals surface area contributed by atoms with Gasteiger partial charge >= 0.3 is 0 Å². The van der Waals surface area contributed by atoms with E-state index in [2.05, 4.69) is 47.6 Å². The number of aromatic nitrogens is 3. The minimum Gasteiger partial charge on any atom is -0.322 e. The molecule has 1 aromatic carbocycles. The predicted octanol–water partition coefficient (Wildman–Crippen LogP) is 3.46. The van der Waals surface area contributed by atoms with Crippen LogP contribution < -0.4 is 5.56 Å². The van der Waals surface area contributed by atoms with E-state index in [1.54, 1.807) is 6.07 Å². The second-order valence-corrected chi connectivity index (χ2v) is 5.60. The Bertz CT molecular complexity index is 1070. The Morgan fingerprint density at radius 1 is 1.05 bits per heavy atom.